The summed E-state index contributed by atoms with van der Waals surface area (Å²) in [5.74, 6) is 0.489. The minimum atomic E-state index is -3.79. The summed E-state index contributed by atoms with van der Waals surface area (Å²) in [6.07, 6.45) is 0. The van der Waals surface area contributed by atoms with E-state index in [4.69, 9.17) is 14.2 Å². The van der Waals surface area contributed by atoms with E-state index >= 15 is 0 Å². The van der Waals surface area contributed by atoms with E-state index in [0.717, 1.165) is 0 Å². The number of carbonyl (C=O) groups excluding carboxylic acids is 1. The smallest absolute Gasteiger partial charge is 0.259 e. The third kappa shape index (κ3) is 4.85. The lowest BCUT2D eigenvalue weighted by Gasteiger charge is -2.21. The molecular weight excluding hydrogens is 408 g/mol. The fourth-order valence-corrected chi connectivity index (χ4v) is 4.64. The molecule has 0 fully saturated rings. The molecule has 0 heterocycles. The van der Waals surface area contributed by atoms with Crippen LogP contribution < -0.4 is 19.5 Å². The molecule has 1 amide bonds. The van der Waals surface area contributed by atoms with Gasteiger partial charge in [-0.3, -0.25) is 4.79 Å². The number of carbonyl (C=O) groups is 1. The van der Waals surface area contributed by atoms with Crippen molar-refractivity contribution in [1.29, 1.82) is 0 Å². The highest BCUT2D eigenvalue weighted by Gasteiger charge is 2.26. The minimum Gasteiger partial charge on any atom is -0.493 e. The van der Waals surface area contributed by atoms with Gasteiger partial charge in [0.1, 0.15) is 10.6 Å². The van der Waals surface area contributed by atoms with Crippen LogP contribution in [0.2, 0.25) is 0 Å². The van der Waals surface area contributed by atoms with Gasteiger partial charge in [0.05, 0.1) is 26.4 Å². The maximum absolute atomic E-state index is 13.1. The number of hydrogen-bond acceptors (Lipinski definition) is 6. The fraction of sp³-hybridized carbons (Fsp3) is 0.381. The van der Waals surface area contributed by atoms with Crippen LogP contribution in [0, 0.1) is 0 Å². The van der Waals surface area contributed by atoms with Crippen molar-refractivity contribution in [1.82, 2.24) is 4.31 Å². The van der Waals surface area contributed by atoms with Gasteiger partial charge in [0.2, 0.25) is 10.0 Å². The highest BCUT2D eigenvalue weighted by Crippen LogP contribution is 2.33. The summed E-state index contributed by atoms with van der Waals surface area (Å²) in [4.78, 5) is 12.8. The number of hydrogen-bond donors (Lipinski definition) is 1. The average Bonchev–Trinajstić information content (AvgIpc) is 2.74. The van der Waals surface area contributed by atoms with Gasteiger partial charge in [0.15, 0.2) is 11.5 Å². The maximum Gasteiger partial charge on any atom is 0.259 e. The molecule has 0 unspecified atom stereocenters. The lowest BCUT2D eigenvalue weighted by Crippen LogP contribution is -2.31. The van der Waals surface area contributed by atoms with Crippen LogP contribution in [0.1, 0.15) is 31.1 Å². The number of para-hydroxylation sites is 1. The summed E-state index contributed by atoms with van der Waals surface area (Å²) in [6, 6.07) is 9.49. The van der Waals surface area contributed by atoms with Gasteiger partial charge in [-0.1, -0.05) is 19.9 Å². The predicted molar refractivity (Wildman–Crippen MR) is 115 cm³/mol. The molecule has 0 atom stereocenters. The van der Waals surface area contributed by atoms with E-state index in [1.165, 1.54) is 30.7 Å². The molecule has 8 nitrogen and oxygen atoms in total. The molecule has 0 aromatic heterocycles. The molecule has 1 N–H and O–H groups in total. The van der Waals surface area contributed by atoms with Crippen LogP contribution in [0.5, 0.6) is 17.2 Å². The zero-order valence-corrected chi connectivity index (χ0v) is 18.7. The largest absolute Gasteiger partial charge is 0.493 e. The molecule has 2 rings (SSSR count). The fourth-order valence-electron chi connectivity index (χ4n) is 3.03. The summed E-state index contributed by atoms with van der Waals surface area (Å²) in [5, 5.41) is 2.73. The predicted octanol–water partition coefficient (Wildman–Crippen LogP) is 3.39. The summed E-state index contributed by atoms with van der Waals surface area (Å²) in [7, 11) is -0.861. The Labute approximate surface area is 177 Å². The molecule has 2 aromatic carbocycles. The molecule has 0 saturated carbocycles. The zero-order valence-electron chi connectivity index (χ0n) is 17.9. The Morgan fingerprint density at radius 3 is 2.27 bits per heavy atom. The van der Waals surface area contributed by atoms with Crippen LogP contribution in [-0.4, -0.2) is 52.5 Å². The Hall–Kier alpha value is -2.78. The lowest BCUT2D eigenvalue weighted by atomic mass is 10.1. The van der Waals surface area contributed by atoms with Gasteiger partial charge in [0.25, 0.3) is 5.91 Å². The molecule has 164 valence electrons. The normalized spacial score (nSPS) is 11.3. The highest BCUT2D eigenvalue weighted by atomic mass is 32.2. The van der Waals surface area contributed by atoms with Crippen molar-refractivity contribution in [2.45, 2.75) is 25.7 Å². The van der Waals surface area contributed by atoms with E-state index in [1.807, 2.05) is 0 Å². The summed E-state index contributed by atoms with van der Waals surface area (Å²) >= 11 is 0. The first-order chi connectivity index (χ1) is 14.3. The zero-order chi connectivity index (χ0) is 22.3. The van der Waals surface area contributed by atoms with Crippen molar-refractivity contribution in [3.05, 3.63) is 42.0 Å². The van der Waals surface area contributed by atoms with Gasteiger partial charge < -0.3 is 19.5 Å². The number of anilines is 1. The Kier molecular flexibility index (Phi) is 8.08. The second kappa shape index (κ2) is 10.3. The van der Waals surface area contributed by atoms with Gasteiger partial charge in [0, 0.05) is 18.8 Å². The van der Waals surface area contributed by atoms with Crippen molar-refractivity contribution in [2.75, 3.05) is 39.2 Å². The third-order valence-corrected chi connectivity index (χ3v) is 6.54. The van der Waals surface area contributed by atoms with Crippen molar-refractivity contribution >= 4 is 21.6 Å². The second-order valence-electron chi connectivity index (χ2n) is 6.18. The van der Waals surface area contributed by atoms with Crippen molar-refractivity contribution in [3.8, 4) is 17.2 Å². The number of ether oxygens (including phenoxy) is 3. The Balaban J connectivity index is 2.46. The van der Waals surface area contributed by atoms with E-state index in [9.17, 15) is 13.2 Å². The van der Waals surface area contributed by atoms with Crippen molar-refractivity contribution in [3.63, 3.8) is 0 Å². The average molecular weight is 437 g/mol. The van der Waals surface area contributed by atoms with Crippen LogP contribution in [-0.2, 0) is 10.0 Å². The van der Waals surface area contributed by atoms with Gasteiger partial charge >= 0.3 is 0 Å². The molecule has 0 spiro atoms. The van der Waals surface area contributed by atoms with E-state index in [0.29, 0.717) is 36.9 Å². The molecule has 2 aromatic rings. The van der Waals surface area contributed by atoms with Crippen LogP contribution in [0.15, 0.2) is 41.3 Å². The van der Waals surface area contributed by atoms with Crippen LogP contribution >= 0.6 is 0 Å². The first-order valence-corrected chi connectivity index (χ1v) is 11.1. The molecule has 0 bridgehead atoms. The monoisotopic (exact) mass is 436 g/mol. The molecule has 0 radical (unpaired) electrons. The number of nitrogens with one attached hydrogen (secondary N) is 1. The maximum atomic E-state index is 13.1. The van der Waals surface area contributed by atoms with E-state index in [2.05, 4.69) is 5.32 Å². The molecule has 0 saturated heterocycles. The Morgan fingerprint density at radius 1 is 1.00 bits per heavy atom. The summed E-state index contributed by atoms with van der Waals surface area (Å²) in [5.41, 5.74) is 0.581. The highest BCUT2D eigenvalue weighted by molar-refractivity contribution is 7.89. The van der Waals surface area contributed by atoms with Crippen molar-refractivity contribution in [2.24, 2.45) is 0 Å². The Morgan fingerprint density at radius 2 is 1.70 bits per heavy atom. The van der Waals surface area contributed by atoms with Crippen LogP contribution in [0.25, 0.3) is 0 Å². The van der Waals surface area contributed by atoms with E-state index < -0.39 is 15.9 Å². The molecule has 0 aliphatic carbocycles. The van der Waals surface area contributed by atoms with Gasteiger partial charge in [-0.05, 0) is 37.3 Å². The van der Waals surface area contributed by atoms with Crippen molar-refractivity contribution < 1.29 is 27.4 Å². The number of rotatable bonds is 10. The molecule has 30 heavy (non-hydrogen) atoms. The molecule has 0 aliphatic heterocycles. The number of sulfonamides is 1. The number of benzene rings is 2. The Bertz CT molecular complexity index is 987. The number of amides is 1. The standard InChI is InChI=1S/C21H28N2O6S/c1-6-23(7-2)30(25,26)19-14-15(12-13-17(19)29-8-3)22-21(24)16-10-9-11-18(27-4)20(16)28-5/h9-14H,6-8H2,1-5H3,(H,22,24). The second-order valence-corrected chi connectivity index (χ2v) is 8.09. The van der Waals surface area contributed by atoms with E-state index in [1.54, 1.807) is 45.0 Å². The summed E-state index contributed by atoms with van der Waals surface area (Å²) in [6.45, 7) is 6.26. The van der Waals surface area contributed by atoms with Gasteiger partial charge in [-0.15, -0.1) is 0 Å². The first-order valence-electron chi connectivity index (χ1n) is 9.63. The van der Waals surface area contributed by atoms with Gasteiger partial charge in [-0.25, -0.2) is 8.42 Å². The van der Waals surface area contributed by atoms with E-state index in [-0.39, 0.29) is 16.2 Å². The number of methoxy groups -OCH3 is 2. The molecule has 0 aliphatic rings. The quantitative estimate of drug-likeness (QED) is 0.614. The SMILES string of the molecule is CCOc1ccc(NC(=O)c2cccc(OC)c2OC)cc1S(=O)(=O)N(CC)CC. The van der Waals surface area contributed by atoms with Gasteiger partial charge in [-0.2, -0.15) is 4.31 Å². The van der Waals surface area contributed by atoms with Crippen LogP contribution in [0.3, 0.4) is 0 Å². The molecular formula is C21H28N2O6S. The van der Waals surface area contributed by atoms with Crippen LogP contribution in [0.4, 0.5) is 5.69 Å². The summed E-state index contributed by atoms with van der Waals surface area (Å²) < 4.78 is 43.5. The third-order valence-electron chi connectivity index (χ3n) is 4.47. The lowest BCUT2D eigenvalue weighted by molar-refractivity contribution is 0.102. The molecule has 9 heteroatoms. The number of nitrogens with zero attached hydrogens (tertiary/aromatic N) is 1. The topological polar surface area (TPSA) is 94.2 Å². The minimum absolute atomic E-state index is 0.00320. The first kappa shape index (κ1) is 23.5.